The monoisotopic (exact) mass is 422 g/mol. The zero-order valence-electron chi connectivity index (χ0n) is 17.4. The summed E-state index contributed by atoms with van der Waals surface area (Å²) in [5.74, 6) is 1.10. The fraction of sp³-hybridized carbons (Fsp3) is 0.417. The molecule has 162 valence electrons. The summed E-state index contributed by atoms with van der Waals surface area (Å²) in [6.07, 6.45) is 1.59. The Morgan fingerprint density at radius 1 is 0.935 bits per heavy atom. The second-order valence-electron chi connectivity index (χ2n) is 8.14. The van der Waals surface area contributed by atoms with Crippen molar-refractivity contribution in [2.45, 2.75) is 12.8 Å². The number of para-hydroxylation sites is 1. The van der Waals surface area contributed by atoms with Gasteiger partial charge in [-0.3, -0.25) is 9.59 Å². The van der Waals surface area contributed by atoms with Gasteiger partial charge in [-0.2, -0.15) is 0 Å². The van der Waals surface area contributed by atoms with Crippen LogP contribution >= 0.6 is 0 Å². The quantitative estimate of drug-likeness (QED) is 0.706. The number of hydrogen-bond donors (Lipinski definition) is 0. The summed E-state index contributed by atoms with van der Waals surface area (Å²) >= 11 is 0. The average Bonchev–Trinajstić information content (AvgIpc) is 3.32. The fourth-order valence-electron chi connectivity index (χ4n) is 4.57. The van der Waals surface area contributed by atoms with Crippen molar-refractivity contribution in [2.75, 3.05) is 51.1 Å². The number of ketones is 1. The number of benzene rings is 2. The normalized spacial score (nSPS) is 20.6. The van der Waals surface area contributed by atoms with Crippen LogP contribution in [-0.4, -0.2) is 62.8 Å². The van der Waals surface area contributed by atoms with E-state index in [2.05, 4.69) is 4.90 Å². The van der Waals surface area contributed by atoms with E-state index in [1.165, 1.54) is 0 Å². The van der Waals surface area contributed by atoms with E-state index >= 15 is 0 Å². The highest BCUT2D eigenvalue weighted by Crippen LogP contribution is 2.34. The third-order valence-corrected chi connectivity index (χ3v) is 6.22. The van der Waals surface area contributed by atoms with Crippen molar-refractivity contribution >= 4 is 17.4 Å². The summed E-state index contributed by atoms with van der Waals surface area (Å²) in [6, 6.07) is 13.1. The molecule has 3 aliphatic heterocycles. The van der Waals surface area contributed by atoms with Gasteiger partial charge in [0.25, 0.3) is 5.91 Å². The summed E-state index contributed by atoms with van der Waals surface area (Å²) in [5, 5.41) is 0. The number of ether oxygens (including phenoxy) is 3. The molecule has 3 heterocycles. The molecule has 0 aliphatic carbocycles. The lowest BCUT2D eigenvalue weighted by Crippen LogP contribution is -2.43. The lowest BCUT2D eigenvalue weighted by atomic mass is 9.89. The number of piperidine rings is 1. The van der Waals surface area contributed by atoms with Crippen molar-refractivity contribution in [3.8, 4) is 11.5 Å². The zero-order valence-corrected chi connectivity index (χ0v) is 17.4. The molecular weight excluding hydrogens is 396 g/mol. The van der Waals surface area contributed by atoms with Crippen LogP contribution in [0.15, 0.2) is 42.5 Å². The zero-order chi connectivity index (χ0) is 21.2. The lowest BCUT2D eigenvalue weighted by molar-refractivity contribution is 0.0636. The molecule has 2 fully saturated rings. The summed E-state index contributed by atoms with van der Waals surface area (Å²) in [6.45, 7) is 4.16. The number of carbonyl (C=O) groups excluding carboxylic acids is 2. The highest BCUT2D eigenvalue weighted by Gasteiger charge is 2.31. The Balaban J connectivity index is 1.33. The molecule has 0 radical (unpaired) electrons. The Morgan fingerprint density at radius 2 is 1.74 bits per heavy atom. The largest absolute Gasteiger partial charge is 0.454 e. The predicted octanol–water partition coefficient (Wildman–Crippen LogP) is 2.99. The maximum absolute atomic E-state index is 13.4. The number of likely N-dealkylation sites (tertiary alicyclic amines) is 1. The highest BCUT2D eigenvalue weighted by atomic mass is 16.7. The molecule has 31 heavy (non-hydrogen) atoms. The highest BCUT2D eigenvalue weighted by molar-refractivity contribution is 6.02. The molecule has 1 amide bonds. The van der Waals surface area contributed by atoms with Gasteiger partial charge in [0.2, 0.25) is 6.79 Å². The molecule has 1 atom stereocenters. The van der Waals surface area contributed by atoms with Crippen LogP contribution in [0.1, 0.15) is 33.6 Å². The van der Waals surface area contributed by atoms with Crippen molar-refractivity contribution in [3.63, 3.8) is 0 Å². The van der Waals surface area contributed by atoms with Gasteiger partial charge in [-0.1, -0.05) is 12.1 Å². The van der Waals surface area contributed by atoms with Gasteiger partial charge >= 0.3 is 0 Å². The van der Waals surface area contributed by atoms with E-state index in [-0.39, 0.29) is 24.4 Å². The summed E-state index contributed by atoms with van der Waals surface area (Å²) < 4.78 is 16.2. The van der Waals surface area contributed by atoms with E-state index in [0.29, 0.717) is 48.9 Å². The molecule has 5 rings (SSSR count). The second-order valence-corrected chi connectivity index (χ2v) is 8.14. The molecule has 2 aromatic rings. The van der Waals surface area contributed by atoms with E-state index < -0.39 is 0 Å². The van der Waals surface area contributed by atoms with Gasteiger partial charge in [-0.15, -0.1) is 0 Å². The number of amides is 1. The molecule has 2 saturated heterocycles. The maximum atomic E-state index is 13.4. The molecular formula is C24H26N2O5. The molecule has 2 aromatic carbocycles. The van der Waals surface area contributed by atoms with Crippen molar-refractivity contribution < 1.29 is 23.8 Å². The standard InChI is InChI=1S/C24H26N2O5/c27-23(17-7-8-21-22(14-17)31-16-30-21)18-4-3-9-26(15-18)24(28)19-5-1-2-6-20(19)25-10-12-29-13-11-25/h1-2,5-8,14,18H,3-4,9-13,15-16H2. The van der Waals surface area contributed by atoms with E-state index in [1.54, 1.807) is 18.2 Å². The van der Waals surface area contributed by atoms with Gasteiger partial charge < -0.3 is 24.0 Å². The Morgan fingerprint density at radius 3 is 2.61 bits per heavy atom. The minimum absolute atomic E-state index is 0.00900. The van der Waals surface area contributed by atoms with Gasteiger partial charge in [0.15, 0.2) is 17.3 Å². The first-order valence-electron chi connectivity index (χ1n) is 10.9. The van der Waals surface area contributed by atoms with Crippen LogP contribution in [0.3, 0.4) is 0 Å². The fourth-order valence-corrected chi connectivity index (χ4v) is 4.57. The van der Waals surface area contributed by atoms with Crippen molar-refractivity contribution in [2.24, 2.45) is 5.92 Å². The van der Waals surface area contributed by atoms with Crippen LogP contribution in [0.4, 0.5) is 5.69 Å². The van der Waals surface area contributed by atoms with Crippen LogP contribution in [-0.2, 0) is 4.74 Å². The van der Waals surface area contributed by atoms with Crippen LogP contribution in [0.5, 0.6) is 11.5 Å². The lowest BCUT2D eigenvalue weighted by Gasteiger charge is -2.34. The molecule has 3 aliphatic rings. The van der Waals surface area contributed by atoms with E-state index in [4.69, 9.17) is 14.2 Å². The topological polar surface area (TPSA) is 68.3 Å². The molecule has 0 bridgehead atoms. The van der Waals surface area contributed by atoms with Crippen LogP contribution in [0, 0.1) is 5.92 Å². The number of hydrogen-bond acceptors (Lipinski definition) is 6. The van der Waals surface area contributed by atoms with Crippen molar-refractivity contribution in [1.82, 2.24) is 4.90 Å². The number of carbonyl (C=O) groups is 2. The predicted molar refractivity (Wildman–Crippen MR) is 115 cm³/mol. The minimum Gasteiger partial charge on any atom is -0.454 e. The maximum Gasteiger partial charge on any atom is 0.255 e. The summed E-state index contributed by atoms with van der Waals surface area (Å²) in [7, 11) is 0. The Kier molecular flexibility index (Phi) is 5.51. The Labute approximate surface area is 181 Å². The Bertz CT molecular complexity index is 986. The number of fused-ring (bicyclic) bond motifs is 1. The summed E-state index contributed by atoms with van der Waals surface area (Å²) in [5.41, 5.74) is 2.25. The number of nitrogens with zero attached hydrogens (tertiary/aromatic N) is 2. The first kappa shape index (κ1) is 19.9. The van der Waals surface area contributed by atoms with Gasteiger partial charge in [-0.05, 0) is 43.2 Å². The van der Waals surface area contributed by atoms with Crippen molar-refractivity contribution in [3.05, 3.63) is 53.6 Å². The first-order valence-corrected chi connectivity index (χ1v) is 10.9. The first-order chi connectivity index (χ1) is 15.2. The number of Topliss-reactive ketones (excluding diaryl/α,β-unsaturated/α-hetero) is 1. The minimum atomic E-state index is -0.214. The van der Waals surface area contributed by atoms with Gasteiger partial charge in [0.05, 0.1) is 18.8 Å². The summed E-state index contributed by atoms with van der Waals surface area (Å²) in [4.78, 5) is 30.6. The Hall–Kier alpha value is -3.06. The number of rotatable bonds is 4. The molecule has 1 unspecified atom stereocenters. The smallest absolute Gasteiger partial charge is 0.255 e. The molecule has 0 saturated carbocycles. The molecule has 0 spiro atoms. The molecule has 7 heteroatoms. The van der Waals surface area contributed by atoms with Crippen LogP contribution in [0.2, 0.25) is 0 Å². The van der Waals surface area contributed by atoms with Crippen LogP contribution < -0.4 is 14.4 Å². The second kappa shape index (κ2) is 8.59. The average molecular weight is 422 g/mol. The third kappa shape index (κ3) is 3.97. The third-order valence-electron chi connectivity index (χ3n) is 6.22. The van der Waals surface area contributed by atoms with Gasteiger partial charge in [0.1, 0.15) is 0 Å². The number of anilines is 1. The van der Waals surface area contributed by atoms with E-state index in [9.17, 15) is 9.59 Å². The molecule has 0 N–H and O–H groups in total. The van der Waals surface area contributed by atoms with Crippen LogP contribution in [0.25, 0.3) is 0 Å². The molecule has 0 aromatic heterocycles. The van der Waals surface area contributed by atoms with Gasteiger partial charge in [-0.25, -0.2) is 0 Å². The van der Waals surface area contributed by atoms with E-state index in [1.807, 2.05) is 29.2 Å². The molecule has 7 nitrogen and oxygen atoms in total. The van der Waals surface area contributed by atoms with Crippen molar-refractivity contribution in [1.29, 1.82) is 0 Å². The number of morpholine rings is 1. The van der Waals surface area contributed by atoms with E-state index in [0.717, 1.165) is 31.6 Å². The SMILES string of the molecule is O=C(c1ccc2c(c1)OCO2)C1CCCN(C(=O)c2ccccc2N2CCOCC2)C1. The van der Waals surface area contributed by atoms with Gasteiger partial charge in [0, 0.05) is 43.3 Å².